The molecule has 0 aliphatic carbocycles. The quantitative estimate of drug-likeness (QED) is 0.931. The summed E-state index contributed by atoms with van der Waals surface area (Å²) in [6.07, 6.45) is 1.28. The number of alkyl carbamates (subject to hydrolysis) is 1. The third-order valence-corrected chi connectivity index (χ3v) is 3.65. The first-order valence-corrected chi connectivity index (χ1v) is 6.86. The second-order valence-electron chi connectivity index (χ2n) is 4.64. The molecule has 1 atom stereocenters. The van der Waals surface area contributed by atoms with Crippen molar-refractivity contribution in [2.75, 3.05) is 20.2 Å². The van der Waals surface area contributed by atoms with Crippen molar-refractivity contribution >= 4 is 23.6 Å². The molecule has 1 aliphatic heterocycles. The van der Waals surface area contributed by atoms with Crippen LogP contribution in [0, 0.1) is 0 Å². The summed E-state index contributed by atoms with van der Waals surface area (Å²) >= 11 is 5.88. The molecule has 1 aromatic carbocycles. The molecule has 0 bridgehead atoms. The first-order chi connectivity index (χ1) is 9.61. The van der Waals surface area contributed by atoms with Crippen LogP contribution in [-0.2, 0) is 9.53 Å². The monoisotopic (exact) mass is 296 g/mol. The van der Waals surface area contributed by atoms with Crippen LogP contribution < -0.4 is 5.32 Å². The molecule has 6 heteroatoms. The zero-order valence-electron chi connectivity index (χ0n) is 11.3. The number of hydrogen-bond acceptors (Lipinski definition) is 3. The van der Waals surface area contributed by atoms with Gasteiger partial charge in [0.05, 0.1) is 13.2 Å². The van der Waals surface area contributed by atoms with Gasteiger partial charge in [-0.1, -0.05) is 23.7 Å². The number of likely N-dealkylation sites (tertiary alicyclic amines) is 1. The van der Waals surface area contributed by atoms with Gasteiger partial charge in [0, 0.05) is 11.6 Å². The van der Waals surface area contributed by atoms with Gasteiger partial charge in [-0.25, -0.2) is 4.79 Å². The summed E-state index contributed by atoms with van der Waals surface area (Å²) in [5.41, 5.74) is 1.07. The first kappa shape index (κ1) is 14.7. The van der Waals surface area contributed by atoms with Crippen molar-refractivity contribution in [3.63, 3.8) is 0 Å². The summed E-state index contributed by atoms with van der Waals surface area (Å²) in [6, 6.07) is 7.58. The predicted octanol–water partition coefficient (Wildman–Crippen LogP) is 2.36. The number of carbonyl (C=O) groups excluding carboxylic acids is 2. The van der Waals surface area contributed by atoms with Crippen LogP contribution in [-0.4, -0.2) is 37.1 Å². The van der Waals surface area contributed by atoms with E-state index in [2.05, 4.69) is 10.1 Å². The van der Waals surface area contributed by atoms with Gasteiger partial charge in [-0.05, 0) is 30.5 Å². The Balaban J connectivity index is 2.01. The van der Waals surface area contributed by atoms with E-state index in [1.54, 1.807) is 4.90 Å². The first-order valence-electron chi connectivity index (χ1n) is 6.48. The largest absolute Gasteiger partial charge is 0.453 e. The molecular formula is C14H17ClN2O3. The van der Waals surface area contributed by atoms with Gasteiger partial charge in [-0.15, -0.1) is 0 Å². The minimum atomic E-state index is -0.597. The van der Waals surface area contributed by atoms with Crippen LogP contribution in [0.1, 0.15) is 24.4 Å². The molecule has 1 aliphatic rings. The van der Waals surface area contributed by atoms with Gasteiger partial charge in [0.25, 0.3) is 0 Å². The molecule has 1 fully saturated rings. The zero-order valence-corrected chi connectivity index (χ0v) is 12.0. The van der Waals surface area contributed by atoms with E-state index in [9.17, 15) is 9.59 Å². The molecule has 0 aromatic heterocycles. The minimum absolute atomic E-state index is 0.0449. The fraction of sp³-hybridized carbons (Fsp3) is 0.429. The Morgan fingerprint density at radius 3 is 2.75 bits per heavy atom. The standard InChI is InChI=1S/C14H17ClN2O3/c1-20-14(19)16-9-13(18)17-8-2-3-12(17)10-4-6-11(15)7-5-10/h4-7,12H,2-3,8-9H2,1H3,(H,16,19)/t12-/m1/s1. The average Bonchev–Trinajstić information content (AvgIpc) is 2.94. The fourth-order valence-corrected chi connectivity index (χ4v) is 2.54. The number of halogens is 1. The van der Waals surface area contributed by atoms with Crippen LogP contribution in [0.2, 0.25) is 5.02 Å². The maximum atomic E-state index is 12.1. The lowest BCUT2D eigenvalue weighted by atomic mass is 10.0. The molecule has 0 unspecified atom stereocenters. The fourth-order valence-electron chi connectivity index (χ4n) is 2.42. The number of nitrogens with zero attached hydrogens (tertiary/aromatic N) is 1. The normalized spacial score (nSPS) is 17.9. The molecule has 2 rings (SSSR count). The van der Waals surface area contributed by atoms with Crippen molar-refractivity contribution in [3.8, 4) is 0 Å². The number of methoxy groups -OCH3 is 1. The van der Waals surface area contributed by atoms with Crippen LogP contribution in [0.5, 0.6) is 0 Å². The number of benzene rings is 1. The molecule has 1 aromatic rings. The molecule has 5 nitrogen and oxygen atoms in total. The predicted molar refractivity (Wildman–Crippen MR) is 75.5 cm³/mol. The van der Waals surface area contributed by atoms with Gasteiger partial charge in [-0.2, -0.15) is 0 Å². The summed E-state index contributed by atoms with van der Waals surface area (Å²) in [5, 5.41) is 3.09. The van der Waals surface area contributed by atoms with E-state index in [4.69, 9.17) is 11.6 Å². The molecule has 1 saturated heterocycles. The van der Waals surface area contributed by atoms with E-state index in [0.717, 1.165) is 18.4 Å². The number of carbonyl (C=O) groups is 2. The van der Waals surface area contributed by atoms with E-state index in [0.29, 0.717) is 11.6 Å². The van der Waals surface area contributed by atoms with E-state index in [1.165, 1.54) is 7.11 Å². The maximum absolute atomic E-state index is 12.1. The zero-order chi connectivity index (χ0) is 14.5. The van der Waals surface area contributed by atoms with Crippen molar-refractivity contribution in [2.45, 2.75) is 18.9 Å². The van der Waals surface area contributed by atoms with Crippen LogP contribution in [0.3, 0.4) is 0 Å². The molecule has 0 saturated carbocycles. The molecule has 2 amide bonds. The number of hydrogen-bond donors (Lipinski definition) is 1. The summed E-state index contributed by atoms with van der Waals surface area (Å²) < 4.78 is 4.45. The van der Waals surface area contributed by atoms with E-state index in [1.807, 2.05) is 24.3 Å². The van der Waals surface area contributed by atoms with E-state index in [-0.39, 0.29) is 18.5 Å². The summed E-state index contributed by atoms with van der Waals surface area (Å²) in [5.74, 6) is -0.104. The van der Waals surface area contributed by atoms with Crippen LogP contribution in [0.4, 0.5) is 4.79 Å². The second kappa shape index (κ2) is 6.61. The van der Waals surface area contributed by atoms with Crippen LogP contribution in [0.25, 0.3) is 0 Å². The molecule has 108 valence electrons. The highest BCUT2D eigenvalue weighted by Crippen LogP contribution is 2.32. The highest BCUT2D eigenvalue weighted by Gasteiger charge is 2.29. The van der Waals surface area contributed by atoms with Crippen molar-refractivity contribution in [1.82, 2.24) is 10.2 Å². The highest BCUT2D eigenvalue weighted by atomic mass is 35.5. The molecule has 0 radical (unpaired) electrons. The van der Waals surface area contributed by atoms with E-state index < -0.39 is 6.09 Å². The molecule has 20 heavy (non-hydrogen) atoms. The maximum Gasteiger partial charge on any atom is 0.407 e. The summed E-state index contributed by atoms with van der Waals surface area (Å²) in [7, 11) is 1.27. The molecule has 1 N–H and O–H groups in total. The van der Waals surface area contributed by atoms with Gasteiger partial charge in [0.15, 0.2) is 0 Å². The van der Waals surface area contributed by atoms with Crippen LogP contribution in [0.15, 0.2) is 24.3 Å². The lowest BCUT2D eigenvalue weighted by molar-refractivity contribution is -0.131. The highest BCUT2D eigenvalue weighted by molar-refractivity contribution is 6.30. The Morgan fingerprint density at radius 2 is 2.10 bits per heavy atom. The third-order valence-electron chi connectivity index (χ3n) is 3.40. The van der Waals surface area contributed by atoms with Gasteiger partial charge in [0.1, 0.15) is 6.54 Å². The summed E-state index contributed by atoms with van der Waals surface area (Å²) in [4.78, 5) is 24.9. The smallest absolute Gasteiger partial charge is 0.407 e. The second-order valence-corrected chi connectivity index (χ2v) is 5.08. The van der Waals surface area contributed by atoms with Crippen molar-refractivity contribution in [1.29, 1.82) is 0 Å². The molecule has 1 heterocycles. The molecule has 0 spiro atoms. The van der Waals surface area contributed by atoms with Gasteiger partial charge >= 0.3 is 6.09 Å². The van der Waals surface area contributed by atoms with Crippen molar-refractivity contribution in [2.24, 2.45) is 0 Å². The Labute approximate surface area is 122 Å². The minimum Gasteiger partial charge on any atom is -0.453 e. The van der Waals surface area contributed by atoms with Crippen LogP contribution >= 0.6 is 11.6 Å². The topological polar surface area (TPSA) is 58.6 Å². The van der Waals surface area contributed by atoms with E-state index >= 15 is 0 Å². The average molecular weight is 297 g/mol. The van der Waals surface area contributed by atoms with Crippen molar-refractivity contribution < 1.29 is 14.3 Å². The third kappa shape index (κ3) is 3.42. The Morgan fingerprint density at radius 1 is 1.40 bits per heavy atom. The van der Waals surface area contributed by atoms with Crippen molar-refractivity contribution in [3.05, 3.63) is 34.9 Å². The number of nitrogens with one attached hydrogen (secondary N) is 1. The lowest BCUT2D eigenvalue weighted by Gasteiger charge is -2.25. The number of rotatable bonds is 3. The van der Waals surface area contributed by atoms with Gasteiger partial charge in [-0.3, -0.25) is 4.79 Å². The Kier molecular flexibility index (Phi) is 4.84. The SMILES string of the molecule is COC(=O)NCC(=O)N1CCC[C@@H]1c1ccc(Cl)cc1. The van der Waals surface area contributed by atoms with Gasteiger partial charge < -0.3 is 15.0 Å². The number of ether oxygens (including phenoxy) is 1. The lowest BCUT2D eigenvalue weighted by Crippen LogP contribution is -2.39. The Bertz CT molecular complexity index is 490. The Hall–Kier alpha value is -1.75. The molecular weight excluding hydrogens is 280 g/mol. The van der Waals surface area contributed by atoms with Gasteiger partial charge in [0.2, 0.25) is 5.91 Å². The summed E-state index contributed by atoms with van der Waals surface area (Å²) in [6.45, 7) is 0.658. The number of amides is 2.